The Morgan fingerprint density at radius 1 is 0.966 bits per heavy atom. The minimum atomic E-state index is -4.47. The lowest BCUT2D eigenvalue weighted by Crippen LogP contribution is -2.04. The molecule has 0 N–H and O–H groups in total. The van der Waals surface area contributed by atoms with Gasteiger partial charge in [0, 0.05) is 17.3 Å². The molecule has 2 aromatic heterocycles. The van der Waals surface area contributed by atoms with Crippen molar-refractivity contribution in [3.05, 3.63) is 76.9 Å². The van der Waals surface area contributed by atoms with E-state index in [0.717, 1.165) is 23.5 Å². The fourth-order valence-corrected chi connectivity index (χ4v) is 3.63. The number of alkyl halides is 3. The molecule has 4 rings (SSSR count). The second-order valence-electron chi connectivity index (χ2n) is 6.28. The third-order valence-electron chi connectivity index (χ3n) is 4.29. The largest absolute Gasteiger partial charge is 0.416 e. The number of aromatic nitrogens is 3. The lowest BCUT2D eigenvalue weighted by Gasteiger charge is -2.06. The SMILES string of the molecule is Cc1nn(-c2nc(-c3ccc(C(F)(F)F)cc3)c(F)s2)cc1-c1cccc(F)c1. The predicted octanol–water partition coefficient (Wildman–Crippen LogP) is 6.27. The Morgan fingerprint density at radius 2 is 1.69 bits per heavy atom. The van der Waals surface area contributed by atoms with Crippen LogP contribution < -0.4 is 0 Å². The van der Waals surface area contributed by atoms with E-state index in [-0.39, 0.29) is 22.2 Å². The molecule has 29 heavy (non-hydrogen) atoms. The Hall–Kier alpha value is -3.07. The molecule has 148 valence electrons. The van der Waals surface area contributed by atoms with Crippen molar-refractivity contribution in [2.45, 2.75) is 13.1 Å². The van der Waals surface area contributed by atoms with E-state index in [1.807, 2.05) is 0 Å². The molecule has 0 bridgehead atoms. The molecule has 0 amide bonds. The van der Waals surface area contributed by atoms with Gasteiger partial charge in [-0.3, -0.25) is 0 Å². The lowest BCUT2D eigenvalue weighted by molar-refractivity contribution is -0.137. The number of benzene rings is 2. The topological polar surface area (TPSA) is 30.7 Å². The third-order valence-corrected chi connectivity index (χ3v) is 5.12. The molecule has 0 aliphatic rings. The van der Waals surface area contributed by atoms with E-state index in [2.05, 4.69) is 10.1 Å². The standard InChI is InChI=1S/C20H12F5N3S/c1-11-16(13-3-2-4-15(21)9-13)10-28(27-11)19-26-17(18(22)29-19)12-5-7-14(8-6-12)20(23,24)25/h2-10H,1H3. The minimum Gasteiger partial charge on any atom is -0.215 e. The highest BCUT2D eigenvalue weighted by Gasteiger charge is 2.30. The first-order chi connectivity index (χ1) is 13.7. The summed E-state index contributed by atoms with van der Waals surface area (Å²) in [6.45, 7) is 1.73. The second-order valence-corrected chi connectivity index (χ2v) is 7.20. The summed E-state index contributed by atoms with van der Waals surface area (Å²) >= 11 is 0.719. The van der Waals surface area contributed by atoms with E-state index in [4.69, 9.17) is 0 Å². The van der Waals surface area contributed by atoms with E-state index in [9.17, 15) is 22.0 Å². The van der Waals surface area contributed by atoms with E-state index >= 15 is 0 Å². The number of hydrogen-bond acceptors (Lipinski definition) is 3. The highest BCUT2D eigenvalue weighted by Crippen LogP contribution is 2.34. The van der Waals surface area contributed by atoms with Gasteiger partial charge in [-0.05, 0) is 36.8 Å². The van der Waals surface area contributed by atoms with E-state index < -0.39 is 16.9 Å². The van der Waals surface area contributed by atoms with Crippen molar-refractivity contribution in [3.63, 3.8) is 0 Å². The normalized spacial score (nSPS) is 11.8. The first kappa shape index (κ1) is 19.3. The molecule has 0 saturated heterocycles. The highest BCUT2D eigenvalue weighted by atomic mass is 32.1. The van der Waals surface area contributed by atoms with Crippen molar-refractivity contribution in [1.82, 2.24) is 14.8 Å². The van der Waals surface area contributed by atoms with Crippen LogP contribution in [0.15, 0.2) is 54.7 Å². The molecule has 0 fully saturated rings. The Balaban J connectivity index is 1.69. The van der Waals surface area contributed by atoms with Crippen LogP contribution in [0.5, 0.6) is 0 Å². The van der Waals surface area contributed by atoms with Gasteiger partial charge in [0.2, 0.25) is 10.3 Å². The average molecular weight is 421 g/mol. The van der Waals surface area contributed by atoms with Crippen LogP contribution in [0.25, 0.3) is 27.5 Å². The van der Waals surface area contributed by atoms with Gasteiger partial charge in [0.1, 0.15) is 11.5 Å². The zero-order valence-electron chi connectivity index (χ0n) is 14.8. The zero-order chi connectivity index (χ0) is 20.8. The number of thiazole rings is 1. The summed E-state index contributed by atoms with van der Waals surface area (Å²) in [4.78, 5) is 4.20. The van der Waals surface area contributed by atoms with E-state index in [1.165, 1.54) is 28.9 Å². The Kier molecular flexibility index (Phi) is 4.70. The van der Waals surface area contributed by atoms with Crippen LogP contribution in [0.1, 0.15) is 11.3 Å². The van der Waals surface area contributed by atoms with Crippen molar-refractivity contribution < 1.29 is 22.0 Å². The maximum absolute atomic E-state index is 14.4. The predicted molar refractivity (Wildman–Crippen MR) is 99.8 cm³/mol. The Labute approximate surface area is 166 Å². The van der Waals surface area contributed by atoms with Crippen LogP contribution in [-0.2, 0) is 6.18 Å². The van der Waals surface area contributed by atoms with Crippen LogP contribution in [0, 0.1) is 17.9 Å². The smallest absolute Gasteiger partial charge is 0.215 e. The molecule has 0 aliphatic heterocycles. The maximum atomic E-state index is 14.4. The van der Waals surface area contributed by atoms with Crippen molar-refractivity contribution in [1.29, 1.82) is 0 Å². The molecule has 3 nitrogen and oxygen atoms in total. The average Bonchev–Trinajstić information content (AvgIpc) is 3.24. The highest BCUT2D eigenvalue weighted by molar-refractivity contribution is 7.12. The molecule has 4 aromatic rings. The fraction of sp³-hybridized carbons (Fsp3) is 0.100. The summed E-state index contributed by atoms with van der Waals surface area (Å²) in [5.41, 5.74) is 1.23. The summed E-state index contributed by atoms with van der Waals surface area (Å²) in [6, 6.07) is 10.1. The van der Waals surface area contributed by atoms with Crippen molar-refractivity contribution >= 4 is 11.3 Å². The van der Waals surface area contributed by atoms with Crippen molar-refractivity contribution in [2.75, 3.05) is 0 Å². The summed E-state index contributed by atoms with van der Waals surface area (Å²) < 4.78 is 67.4. The van der Waals surface area contributed by atoms with E-state index in [1.54, 1.807) is 25.3 Å². The van der Waals surface area contributed by atoms with Crippen LogP contribution in [0.3, 0.4) is 0 Å². The Bertz CT molecular complexity index is 1180. The molecule has 0 unspecified atom stereocenters. The van der Waals surface area contributed by atoms with Gasteiger partial charge in [-0.25, -0.2) is 14.1 Å². The molecular weight excluding hydrogens is 409 g/mol. The van der Waals surface area contributed by atoms with Gasteiger partial charge in [-0.1, -0.05) is 35.6 Å². The van der Waals surface area contributed by atoms with Gasteiger partial charge in [0.15, 0.2) is 0 Å². The maximum Gasteiger partial charge on any atom is 0.416 e. The summed E-state index contributed by atoms with van der Waals surface area (Å²) in [7, 11) is 0. The lowest BCUT2D eigenvalue weighted by atomic mass is 10.1. The first-order valence-electron chi connectivity index (χ1n) is 8.39. The molecule has 2 aromatic carbocycles. The number of aryl methyl sites for hydroxylation is 1. The first-order valence-corrected chi connectivity index (χ1v) is 9.20. The minimum absolute atomic E-state index is 0.0563. The van der Waals surface area contributed by atoms with Gasteiger partial charge in [-0.2, -0.15) is 22.7 Å². The molecule has 2 heterocycles. The fourth-order valence-electron chi connectivity index (χ4n) is 2.88. The monoisotopic (exact) mass is 421 g/mol. The molecule has 0 spiro atoms. The van der Waals surface area contributed by atoms with Crippen LogP contribution in [0.4, 0.5) is 22.0 Å². The van der Waals surface area contributed by atoms with Gasteiger partial charge < -0.3 is 0 Å². The Morgan fingerprint density at radius 3 is 2.34 bits per heavy atom. The molecule has 0 atom stereocenters. The van der Waals surface area contributed by atoms with Gasteiger partial charge in [-0.15, -0.1) is 0 Å². The van der Waals surface area contributed by atoms with Gasteiger partial charge in [0.05, 0.1) is 11.3 Å². The molecule has 9 heteroatoms. The molecule has 0 saturated carbocycles. The third kappa shape index (κ3) is 3.77. The molecule has 0 radical (unpaired) electrons. The van der Waals surface area contributed by atoms with Crippen molar-refractivity contribution in [3.8, 4) is 27.5 Å². The van der Waals surface area contributed by atoms with E-state index in [0.29, 0.717) is 16.8 Å². The number of hydrogen-bond donors (Lipinski definition) is 0. The zero-order valence-corrected chi connectivity index (χ0v) is 15.7. The number of halogens is 5. The summed E-state index contributed by atoms with van der Waals surface area (Å²) in [5, 5.41) is 3.88. The number of rotatable bonds is 3. The van der Waals surface area contributed by atoms with Crippen molar-refractivity contribution in [2.24, 2.45) is 0 Å². The van der Waals surface area contributed by atoms with Crippen LogP contribution >= 0.6 is 11.3 Å². The summed E-state index contributed by atoms with van der Waals surface area (Å²) in [6.07, 6.45) is -2.86. The molecule has 0 aliphatic carbocycles. The van der Waals surface area contributed by atoms with Gasteiger partial charge >= 0.3 is 6.18 Å². The van der Waals surface area contributed by atoms with Crippen LogP contribution in [-0.4, -0.2) is 14.8 Å². The molecular formula is C20H12F5N3S. The summed E-state index contributed by atoms with van der Waals surface area (Å²) in [5.74, 6) is -0.389. The van der Waals surface area contributed by atoms with Crippen LogP contribution in [0.2, 0.25) is 0 Å². The number of nitrogens with zero attached hydrogens (tertiary/aromatic N) is 3. The van der Waals surface area contributed by atoms with Gasteiger partial charge in [0.25, 0.3) is 0 Å². The second kappa shape index (κ2) is 7.07. The quantitative estimate of drug-likeness (QED) is 0.365.